The van der Waals surface area contributed by atoms with Gasteiger partial charge in [0.15, 0.2) is 0 Å². The van der Waals surface area contributed by atoms with Crippen LogP contribution >= 0.6 is 0 Å². The molecule has 1 N–H and O–H groups in total. The molecule has 3 aliphatic heterocycles. The van der Waals surface area contributed by atoms with E-state index in [1.807, 2.05) is 11.1 Å². The summed E-state index contributed by atoms with van der Waals surface area (Å²) >= 11 is 0. The summed E-state index contributed by atoms with van der Waals surface area (Å²) < 4.78 is 2.06. The zero-order valence-electron chi connectivity index (χ0n) is 11.7. The van der Waals surface area contributed by atoms with Gasteiger partial charge in [-0.2, -0.15) is 0 Å². The number of piperazine rings is 1. The van der Waals surface area contributed by atoms with Crippen molar-refractivity contribution >= 4 is 11.9 Å². The van der Waals surface area contributed by atoms with Crippen molar-refractivity contribution in [1.82, 2.24) is 19.4 Å². The minimum atomic E-state index is 0.0975. The number of hydrogen-bond donors (Lipinski definition) is 1. The number of aromatic nitrogens is 2. The molecule has 0 bridgehead atoms. The van der Waals surface area contributed by atoms with Crippen LogP contribution < -0.4 is 5.32 Å². The number of aryl methyl sites for hydroxylation is 1. The van der Waals surface area contributed by atoms with Gasteiger partial charge in [-0.05, 0) is 25.8 Å². The Morgan fingerprint density at radius 1 is 1.25 bits per heavy atom. The summed E-state index contributed by atoms with van der Waals surface area (Å²) in [6.45, 7) is 5.83. The third kappa shape index (κ3) is 1.98. The summed E-state index contributed by atoms with van der Waals surface area (Å²) in [5, 5.41) is 3.25. The van der Waals surface area contributed by atoms with E-state index in [2.05, 4.69) is 19.8 Å². The Morgan fingerprint density at radius 2 is 2.20 bits per heavy atom. The molecule has 0 saturated carbocycles. The first-order valence-corrected chi connectivity index (χ1v) is 7.65. The van der Waals surface area contributed by atoms with E-state index in [0.29, 0.717) is 11.7 Å². The summed E-state index contributed by atoms with van der Waals surface area (Å²) in [7, 11) is 0. The number of amides is 1. The van der Waals surface area contributed by atoms with Gasteiger partial charge in [0, 0.05) is 45.0 Å². The SMILES string of the molecule is O=C(c1cn2c(n1)NCCC2)N1CCN2CCCC2C1. The van der Waals surface area contributed by atoms with Crippen LogP contribution in [0.25, 0.3) is 0 Å². The highest BCUT2D eigenvalue weighted by atomic mass is 16.2. The van der Waals surface area contributed by atoms with Gasteiger partial charge in [-0.1, -0.05) is 0 Å². The van der Waals surface area contributed by atoms with E-state index in [1.54, 1.807) is 0 Å². The highest BCUT2D eigenvalue weighted by Gasteiger charge is 2.33. The maximum Gasteiger partial charge on any atom is 0.274 e. The fourth-order valence-electron chi connectivity index (χ4n) is 3.62. The van der Waals surface area contributed by atoms with Gasteiger partial charge in [-0.25, -0.2) is 4.98 Å². The summed E-state index contributed by atoms with van der Waals surface area (Å²) in [6, 6.07) is 0.572. The van der Waals surface area contributed by atoms with E-state index in [1.165, 1.54) is 19.4 Å². The molecule has 2 saturated heterocycles. The molecule has 1 aromatic rings. The molecule has 3 aliphatic rings. The van der Waals surface area contributed by atoms with Crippen LogP contribution in [0, 0.1) is 0 Å². The van der Waals surface area contributed by atoms with Crippen LogP contribution in [-0.4, -0.2) is 64.0 Å². The van der Waals surface area contributed by atoms with Crippen molar-refractivity contribution in [3.8, 4) is 0 Å². The van der Waals surface area contributed by atoms with Gasteiger partial charge >= 0.3 is 0 Å². The first-order valence-electron chi connectivity index (χ1n) is 7.65. The standard InChI is InChI=1S/C14H21N5O/c20-13(12-10-19-6-2-4-15-14(19)16-12)18-8-7-17-5-1-3-11(17)9-18/h10-11H,1-9H2,(H,15,16). The summed E-state index contributed by atoms with van der Waals surface area (Å²) in [4.78, 5) is 21.6. The molecule has 6 heteroatoms. The van der Waals surface area contributed by atoms with Crippen molar-refractivity contribution in [2.75, 3.05) is 38.0 Å². The van der Waals surface area contributed by atoms with Crippen LogP contribution in [0.3, 0.4) is 0 Å². The molecule has 0 aromatic carbocycles. The minimum Gasteiger partial charge on any atom is -0.356 e. The molecule has 0 aliphatic carbocycles. The molecular weight excluding hydrogens is 254 g/mol. The van der Waals surface area contributed by atoms with Crippen molar-refractivity contribution < 1.29 is 4.79 Å². The Morgan fingerprint density at radius 3 is 3.10 bits per heavy atom. The van der Waals surface area contributed by atoms with Crippen molar-refractivity contribution in [2.45, 2.75) is 31.8 Å². The lowest BCUT2D eigenvalue weighted by Gasteiger charge is -2.37. The van der Waals surface area contributed by atoms with Gasteiger partial charge < -0.3 is 14.8 Å². The molecule has 0 spiro atoms. The van der Waals surface area contributed by atoms with E-state index >= 15 is 0 Å². The van der Waals surface area contributed by atoms with Gasteiger partial charge in [0.05, 0.1) is 0 Å². The smallest absolute Gasteiger partial charge is 0.274 e. The van der Waals surface area contributed by atoms with Gasteiger partial charge in [0.25, 0.3) is 5.91 Å². The monoisotopic (exact) mass is 275 g/mol. The molecular formula is C14H21N5O. The van der Waals surface area contributed by atoms with Crippen LogP contribution in [0.1, 0.15) is 29.8 Å². The largest absolute Gasteiger partial charge is 0.356 e. The summed E-state index contributed by atoms with van der Waals surface area (Å²) in [5.74, 6) is 0.944. The Labute approximate surface area is 118 Å². The minimum absolute atomic E-state index is 0.0975. The van der Waals surface area contributed by atoms with Crippen molar-refractivity contribution in [3.05, 3.63) is 11.9 Å². The fourth-order valence-corrected chi connectivity index (χ4v) is 3.62. The molecule has 4 rings (SSSR count). The zero-order chi connectivity index (χ0) is 13.5. The molecule has 2 fully saturated rings. The predicted octanol–water partition coefficient (Wildman–Crippen LogP) is 0.619. The number of carbonyl (C=O) groups is 1. The molecule has 1 aromatic heterocycles. The highest BCUT2D eigenvalue weighted by molar-refractivity contribution is 5.92. The van der Waals surface area contributed by atoms with Gasteiger partial charge in [-0.3, -0.25) is 9.69 Å². The number of carbonyl (C=O) groups excluding carboxylic acids is 1. The van der Waals surface area contributed by atoms with Crippen LogP contribution in [0.2, 0.25) is 0 Å². The third-order valence-electron chi connectivity index (χ3n) is 4.73. The lowest BCUT2D eigenvalue weighted by Crippen LogP contribution is -2.52. The molecule has 1 amide bonds. The van der Waals surface area contributed by atoms with Crippen LogP contribution in [0.4, 0.5) is 5.95 Å². The number of nitrogens with one attached hydrogen (secondary N) is 1. The normalized spacial score (nSPS) is 26.0. The Bertz CT molecular complexity index is 502. The fraction of sp³-hybridized carbons (Fsp3) is 0.714. The topological polar surface area (TPSA) is 53.4 Å². The van der Waals surface area contributed by atoms with E-state index < -0.39 is 0 Å². The van der Waals surface area contributed by atoms with Crippen molar-refractivity contribution in [3.63, 3.8) is 0 Å². The molecule has 20 heavy (non-hydrogen) atoms. The third-order valence-corrected chi connectivity index (χ3v) is 4.73. The maximum atomic E-state index is 12.6. The quantitative estimate of drug-likeness (QED) is 0.816. The molecule has 6 nitrogen and oxygen atoms in total. The number of rotatable bonds is 1. The van der Waals surface area contributed by atoms with Crippen molar-refractivity contribution in [2.24, 2.45) is 0 Å². The van der Waals surface area contributed by atoms with Crippen molar-refractivity contribution in [1.29, 1.82) is 0 Å². The lowest BCUT2D eigenvalue weighted by atomic mass is 10.1. The number of fused-ring (bicyclic) bond motifs is 2. The van der Waals surface area contributed by atoms with E-state index in [9.17, 15) is 4.79 Å². The molecule has 4 heterocycles. The van der Waals surface area contributed by atoms with Crippen LogP contribution in [-0.2, 0) is 6.54 Å². The Balaban J connectivity index is 1.50. The maximum absolute atomic E-state index is 12.6. The van der Waals surface area contributed by atoms with Gasteiger partial charge in [0.2, 0.25) is 5.95 Å². The van der Waals surface area contributed by atoms with E-state index in [0.717, 1.165) is 45.1 Å². The molecule has 108 valence electrons. The number of anilines is 1. The lowest BCUT2D eigenvalue weighted by molar-refractivity contribution is 0.0566. The highest BCUT2D eigenvalue weighted by Crippen LogP contribution is 2.23. The summed E-state index contributed by atoms with van der Waals surface area (Å²) in [5.41, 5.74) is 0.598. The second-order valence-corrected chi connectivity index (χ2v) is 6.01. The number of nitrogens with zero attached hydrogens (tertiary/aromatic N) is 4. The molecule has 0 radical (unpaired) electrons. The molecule has 1 unspecified atom stereocenters. The average Bonchev–Trinajstić information content (AvgIpc) is 3.11. The van der Waals surface area contributed by atoms with E-state index in [4.69, 9.17) is 0 Å². The number of hydrogen-bond acceptors (Lipinski definition) is 4. The Hall–Kier alpha value is -1.56. The van der Waals surface area contributed by atoms with E-state index in [-0.39, 0.29) is 5.91 Å². The number of imidazole rings is 1. The second kappa shape index (κ2) is 4.77. The first-order chi connectivity index (χ1) is 9.81. The van der Waals surface area contributed by atoms with Gasteiger partial charge in [-0.15, -0.1) is 0 Å². The predicted molar refractivity (Wildman–Crippen MR) is 75.8 cm³/mol. The van der Waals surface area contributed by atoms with Crippen LogP contribution in [0.15, 0.2) is 6.20 Å². The zero-order valence-corrected chi connectivity index (χ0v) is 11.7. The average molecular weight is 275 g/mol. The second-order valence-electron chi connectivity index (χ2n) is 6.01. The summed E-state index contributed by atoms with van der Waals surface area (Å²) in [6.07, 6.45) is 5.50. The first kappa shape index (κ1) is 12.2. The molecule has 1 atom stereocenters. The van der Waals surface area contributed by atoms with Crippen LogP contribution in [0.5, 0.6) is 0 Å². The van der Waals surface area contributed by atoms with Gasteiger partial charge in [0.1, 0.15) is 5.69 Å². The Kier molecular flexibility index (Phi) is 2.91.